The largest absolute Gasteiger partial charge is 0.391 e. The SMILES string of the molecule is CN(CC(O)C1CC1)C(=O)Nc1ccc(Cl)cc1F. The molecule has 6 heteroatoms. The van der Waals surface area contributed by atoms with E-state index in [2.05, 4.69) is 5.32 Å². The van der Waals surface area contributed by atoms with Crippen molar-refractivity contribution in [2.75, 3.05) is 18.9 Å². The van der Waals surface area contributed by atoms with Crippen LogP contribution in [0.3, 0.4) is 0 Å². The summed E-state index contributed by atoms with van der Waals surface area (Å²) in [5.74, 6) is -0.292. The van der Waals surface area contributed by atoms with Gasteiger partial charge in [0.2, 0.25) is 0 Å². The van der Waals surface area contributed by atoms with E-state index < -0.39 is 18.0 Å². The summed E-state index contributed by atoms with van der Waals surface area (Å²) < 4.78 is 13.5. The molecule has 1 saturated carbocycles. The fraction of sp³-hybridized carbons (Fsp3) is 0.462. The highest BCUT2D eigenvalue weighted by molar-refractivity contribution is 6.30. The third kappa shape index (κ3) is 3.81. The second-order valence-electron chi connectivity index (χ2n) is 4.84. The van der Waals surface area contributed by atoms with Gasteiger partial charge in [-0.2, -0.15) is 0 Å². The molecule has 1 aromatic rings. The first-order chi connectivity index (χ1) is 8.97. The third-order valence-electron chi connectivity index (χ3n) is 3.15. The van der Waals surface area contributed by atoms with Crippen molar-refractivity contribution in [2.45, 2.75) is 18.9 Å². The number of nitrogens with one attached hydrogen (secondary N) is 1. The molecular formula is C13H16ClFN2O2. The Morgan fingerprint density at radius 3 is 2.89 bits per heavy atom. The van der Waals surface area contributed by atoms with Crippen molar-refractivity contribution in [3.8, 4) is 0 Å². The maximum Gasteiger partial charge on any atom is 0.321 e. The van der Waals surface area contributed by atoms with Crippen LogP contribution in [0.4, 0.5) is 14.9 Å². The number of anilines is 1. The fourth-order valence-electron chi connectivity index (χ4n) is 1.80. The first-order valence-corrected chi connectivity index (χ1v) is 6.50. The summed E-state index contributed by atoms with van der Waals surface area (Å²) in [6.07, 6.45) is 1.50. The Morgan fingerprint density at radius 1 is 1.63 bits per heavy atom. The highest BCUT2D eigenvalue weighted by Gasteiger charge is 2.31. The highest BCUT2D eigenvalue weighted by atomic mass is 35.5. The smallest absolute Gasteiger partial charge is 0.321 e. The average molecular weight is 287 g/mol. The predicted molar refractivity (Wildman–Crippen MR) is 71.8 cm³/mol. The Balaban J connectivity index is 1.91. The van der Waals surface area contributed by atoms with Gasteiger partial charge < -0.3 is 15.3 Å². The van der Waals surface area contributed by atoms with Gasteiger partial charge in [-0.1, -0.05) is 11.6 Å². The van der Waals surface area contributed by atoms with Crippen LogP contribution >= 0.6 is 11.6 Å². The molecule has 0 saturated heterocycles. The van der Waals surface area contributed by atoms with Gasteiger partial charge in [-0.25, -0.2) is 9.18 Å². The van der Waals surface area contributed by atoms with E-state index in [4.69, 9.17) is 11.6 Å². The van der Waals surface area contributed by atoms with Crippen LogP contribution in [0.2, 0.25) is 5.02 Å². The first kappa shape index (κ1) is 14.1. The second-order valence-corrected chi connectivity index (χ2v) is 5.28. The molecule has 19 heavy (non-hydrogen) atoms. The topological polar surface area (TPSA) is 52.6 Å². The van der Waals surface area contributed by atoms with E-state index in [0.717, 1.165) is 18.9 Å². The van der Waals surface area contributed by atoms with Crippen molar-refractivity contribution in [2.24, 2.45) is 5.92 Å². The van der Waals surface area contributed by atoms with Gasteiger partial charge in [-0.15, -0.1) is 0 Å². The molecule has 4 nitrogen and oxygen atoms in total. The van der Waals surface area contributed by atoms with Crippen LogP contribution in [0.25, 0.3) is 0 Å². The molecular weight excluding hydrogens is 271 g/mol. The van der Waals surface area contributed by atoms with E-state index in [0.29, 0.717) is 5.92 Å². The van der Waals surface area contributed by atoms with Crippen molar-refractivity contribution in [1.29, 1.82) is 0 Å². The van der Waals surface area contributed by atoms with E-state index in [1.807, 2.05) is 0 Å². The molecule has 0 aliphatic heterocycles. The second kappa shape index (κ2) is 5.75. The molecule has 2 N–H and O–H groups in total. The number of urea groups is 1. The van der Waals surface area contributed by atoms with Gasteiger partial charge in [-0.05, 0) is 37.0 Å². The lowest BCUT2D eigenvalue weighted by molar-refractivity contribution is 0.117. The number of aliphatic hydroxyl groups excluding tert-OH is 1. The molecule has 1 atom stereocenters. The molecule has 2 amide bonds. The molecule has 1 aliphatic rings. The number of nitrogens with zero attached hydrogens (tertiary/aromatic N) is 1. The maximum atomic E-state index is 13.5. The summed E-state index contributed by atoms with van der Waals surface area (Å²) in [5.41, 5.74) is 0.0714. The summed E-state index contributed by atoms with van der Waals surface area (Å²) in [7, 11) is 1.56. The van der Waals surface area contributed by atoms with Crippen LogP contribution in [0.15, 0.2) is 18.2 Å². The van der Waals surface area contributed by atoms with Crippen LogP contribution < -0.4 is 5.32 Å². The number of likely N-dealkylation sites (N-methyl/N-ethyl adjacent to an activating group) is 1. The highest BCUT2D eigenvalue weighted by Crippen LogP contribution is 2.32. The Labute approximate surface area is 116 Å². The lowest BCUT2D eigenvalue weighted by atomic mass is 10.2. The zero-order valence-electron chi connectivity index (χ0n) is 10.6. The molecule has 0 radical (unpaired) electrons. The van der Waals surface area contributed by atoms with Gasteiger partial charge in [0, 0.05) is 18.6 Å². The van der Waals surface area contributed by atoms with Gasteiger partial charge >= 0.3 is 6.03 Å². The number of carbonyl (C=O) groups is 1. The summed E-state index contributed by atoms with van der Waals surface area (Å²) in [6, 6.07) is 3.58. The Bertz CT molecular complexity index is 480. The molecule has 0 aromatic heterocycles. The minimum absolute atomic E-state index is 0.0714. The van der Waals surface area contributed by atoms with Crippen molar-refractivity contribution in [3.63, 3.8) is 0 Å². The summed E-state index contributed by atoms with van der Waals surface area (Å²) in [5, 5.41) is 12.5. The van der Waals surface area contributed by atoms with Crippen LogP contribution in [-0.4, -0.2) is 35.7 Å². The molecule has 0 spiro atoms. The Kier molecular flexibility index (Phi) is 4.27. The van der Waals surface area contributed by atoms with E-state index in [1.165, 1.54) is 17.0 Å². The Hall–Kier alpha value is -1.33. The van der Waals surface area contributed by atoms with Gasteiger partial charge in [-0.3, -0.25) is 0 Å². The van der Waals surface area contributed by atoms with E-state index in [1.54, 1.807) is 7.05 Å². The quantitative estimate of drug-likeness (QED) is 0.894. The number of rotatable bonds is 4. The standard InChI is InChI=1S/C13H16ClFN2O2/c1-17(7-12(18)8-2-3-8)13(19)16-11-5-4-9(14)6-10(11)15/h4-6,8,12,18H,2-3,7H2,1H3,(H,16,19). The number of aliphatic hydroxyl groups is 1. The molecule has 2 rings (SSSR count). The number of hydrogen-bond donors (Lipinski definition) is 2. The van der Waals surface area contributed by atoms with Crippen molar-refractivity contribution in [1.82, 2.24) is 4.90 Å². The third-order valence-corrected chi connectivity index (χ3v) is 3.38. The van der Waals surface area contributed by atoms with Gasteiger partial charge in [0.15, 0.2) is 0 Å². The van der Waals surface area contributed by atoms with E-state index >= 15 is 0 Å². The van der Waals surface area contributed by atoms with E-state index in [-0.39, 0.29) is 17.3 Å². The molecule has 104 valence electrons. The van der Waals surface area contributed by atoms with Crippen LogP contribution in [0.1, 0.15) is 12.8 Å². The number of carbonyl (C=O) groups excluding carboxylic acids is 1. The molecule has 1 aliphatic carbocycles. The van der Waals surface area contributed by atoms with Crippen molar-refractivity contribution >= 4 is 23.3 Å². The first-order valence-electron chi connectivity index (χ1n) is 6.12. The van der Waals surface area contributed by atoms with Crippen molar-refractivity contribution in [3.05, 3.63) is 29.0 Å². The predicted octanol–water partition coefficient (Wildman–Crippen LogP) is 2.71. The normalized spacial score (nSPS) is 16.0. The average Bonchev–Trinajstić information content (AvgIpc) is 3.16. The van der Waals surface area contributed by atoms with Gasteiger partial charge in [0.25, 0.3) is 0 Å². The van der Waals surface area contributed by atoms with Gasteiger partial charge in [0.05, 0.1) is 11.8 Å². The number of halogens is 2. The van der Waals surface area contributed by atoms with E-state index in [9.17, 15) is 14.3 Å². The molecule has 1 unspecified atom stereocenters. The lowest BCUT2D eigenvalue weighted by Crippen LogP contribution is -2.38. The number of benzene rings is 1. The monoisotopic (exact) mass is 286 g/mol. The maximum absolute atomic E-state index is 13.5. The Morgan fingerprint density at radius 2 is 2.32 bits per heavy atom. The molecule has 0 heterocycles. The van der Waals surface area contributed by atoms with Crippen LogP contribution in [0, 0.1) is 11.7 Å². The minimum Gasteiger partial charge on any atom is -0.391 e. The molecule has 1 aromatic carbocycles. The summed E-state index contributed by atoms with van der Waals surface area (Å²) in [6.45, 7) is 0.242. The number of hydrogen-bond acceptors (Lipinski definition) is 2. The summed E-state index contributed by atoms with van der Waals surface area (Å²) in [4.78, 5) is 13.2. The minimum atomic E-state index is -0.586. The lowest BCUT2D eigenvalue weighted by Gasteiger charge is -2.21. The number of amides is 2. The molecule has 1 fully saturated rings. The van der Waals surface area contributed by atoms with Crippen molar-refractivity contribution < 1.29 is 14.3 Å². The summed E-state index contributed by atoms with van der Waals surface area (Å²) >= 11 is 5.63. The van der Waals surface area contributed by atoms with Gasteiger partial charge in [0.1, 0.15) is 5.82 Å². The van der Waals surface area contributed by atoms with Crippen LogP contribution in [0.5, 0.6) is 0 Å². The zero-order chi connectivity index (χ0) is 14.0. The van der Waals surface area contributed by atoms with Crippen LogP contribution in [-0.2, 0) is 0 Å². The molecule has 0 bridgehead atoms. The zero-order valence-corrected chi connectivity index (χ0v) is 11.3. The fourth-order valence-corrected chi connectivity index (χ4v) is 1.95.